The van der Waals surface area contributed by atoms with Gasteiger partial charge in [0.05, 0.1) is 0 Å². The molecule has 0 aliphatic carbocycles. The first kappa shape index (κ1) is 18.9. The van der Waals surface area contributed by atoms with Crippen LogP contribution in [0.3, 0.4) is 0 Å². The second-order valence-corrected chi connectivity index (χ2v) is 7.41. The van der Waals surface area contributed by atoms with Gasteiger partial charge in [-0.25, -0.2) is 0 Å². The van der Waals surface area contributed by atoms with Crippen molar-refractivity contribution >= 4 is 10.2 Å². The van der Waals surface area contributed by atoms with Crippen molar-refractivity contribution < 1.29 is 8.42 Å². The van der Waals surface area contributed by atoms with Crippen LogP contribution in [-0.4, -0.2) is 44.2 Å². The topological polar surface area (TPSA) is 40.6 Å². The van der Waals surface area contributed by atoms with Crippen molar-refractivity contribution in [3.8, 4) is 0 Å². The zero-order valence-electron chi connectivity index (χ0n) is 13.2. The van der Waals surface area contributed by atoms with Crippen LogP contribution in [0.1, 0.15) is 65.2 Å². The van der Waals surface area contributed by atoms with Gasteiger partial charge in [-0.1, -0.05) is 52.4 Å². The lowest BCUT2D eigenvalue weighted by Crippen LogP contribution is -2.40. The van der Waals surface area contributed by atoms with Crippen molar-refractivity contribution in [3.05, 3.63) is 0 Å². The maximum Gasteiger partial charge on any atom is 0.281 e. The zero-order chi connectivity index (χ0) is 14.7. The highest BCUT2D eigenvalue weighted by molar-refractivity contribution is 7.86. The molecular weight excluding hydrogens is 260 g/mol. The minimum atomic E-state index is -3.25. The molecule has 0 spiro atoms. The summed E-state index contributed by atoms with van der Waals surface area (Å²) in [5.41, 5.74) is 0. The molecule has 0 rings (SSSR count). The fraction of sp³-hybridized carbons (Fsp3) is 1.00. The maximum atomic E-state index is 12.2. The maximum absolute atomic E-state index is 12.2. The van der Waals surface area contributed by atoms with E-state index >= 15 is 0 Å². The van der Waals surface area contributed by atoms with Crippen LogP contribution in [0.5, 0.6) is 0 Å². The van der Waals surface area contributed by atoms with Gasteiger partial charge in [-0.3, -0.25) is 0 Å². The first-order chi connectivity index (χ1) is 8.96. The molecule has 19 heavy (non-hydrogen) atoms. The van der Waals surface area contributed by atoms with Gasteiger partial charge in [0.2, 0.25) is 0 Å². The van der Waals surface area contributed by atoms with E-state index in [9.17, 15) is 8.42 Å². The molecule has 0 aliphatic rings. The Morgan fingerprint density at radius 3 is 1.37 bits per heavy atom. The van der Waals surface area contributed by atoms with Gasteiger partial charge in [0, 0.05) is 27.2 Å². The van der Waals surface area contributed by atoms with Crippen LogP contribution in [-0.2, 0) is 10.2 Å². The third-order valence-corrected chi connectivity index (χ3v) is 5.38. The minimum absolute atomic E-state index is 0.627. The van der Waals surface area contributed by atoms with Gasteiger partial charge in [-0.2, -0.15) is 17.0 Å². The van der Waals surface area contributed by atoms with Crippen LogP contribution >= 0.6 is 0 Å². The van der Waals surface area contributed by atoms with E-state index in [1.165, 1.54) is 34.3 Å². The molecule has 0 bridgehead atoms. The van der Waals surface area contributed by atoms with Crippen molar-refractivity contribution in [2.75, 3.05) is 27.2 Å². The zero-order valence-corrected chi connectivity index (χ0v) is 14.0. The van der Waals surface area contributed by atoms with E-state index < -0.39 is 10.2 Å². The number of unbranched alkanes of at least 4 members (excludes halogenated alkanes) is 6. The molecule has 0 saturated carbocycles. The van der Waals surface area contributed by atoms with E-state index in [0.29, 0.717) is 13.1 Å². The Morgan fingerprint density at radius 2 is 1.05 bits per heavy atom. The molecule has 0 fully saturated rings. The van der Waals surface area contributed by atoms with Crippen LogP contribution in [0, 0.1) is 0 Å². The number of hydrogen-bond donors (Lipinski definition) is 0. The first-order valence-electron chi connectivity index (χ1n) is 7.64. The fourth-order valence-electron chi connectivity index (χ4n) is 1.99. The Kier molecular flexibility index (Phi) is 10.6. The largest absolute Gasteiger partial charge is 0.281 e. The third kappa shape index (κ3) is 7.90. The molecule has 0 amide bonds. The molecular formula is C14H32N2O2S. The summed E-state index contributed by atoms with van der Waals surface area (Å²) in [6.07, 6.45) is 8.83. The lowest BCUT2D eigenvalue weighted by Gasteiger charge is -2.24. The highest BCUT2D eigenvalue weighted by Gasteiger charge is 2.22. The lowest BCUT2D eigenvalue weighted by atomic mass is 10.2. The second kappa shape index (κ2) is 10.6. The molecule has 0 atom stereocenters. The molecule has 0 aromatic rings. The molecule has 4 nitrogen and oxygen atoms in total. The molecule has 0 N–H and O–H groups in total. The van der Waals surface area contributed by atoms with Gasteiger partial charge in [-0.05, 0) is 12.8 Å². The average molecular weight is 292 g/mol. The van der Waals surface area contributed by atoms with Gasteiger partial charge in [-0.15, -0.1) is 0 Å². The summed E-state index contributed by atoms with van der Waals surface area (Å²) < 4.78 is 27.4. The van der Waals surface area contributed by atoms with Crippen LogP contribution in [0.4, 0.5) is 0 Å². The number of nitrogens with zero attached hydrogens (tertiary/aromatic N) is 2. The number of hydrogen-bond acceptors (Lipinski definition) is 2. The van der Waals surface area contributed by atoms with Crippen molar-refractivity contribution in [1.29, 1.82) is 0 Å². The standard InChI is InChI=1S/C14H32N2O2S/c1-5-7-9-11-13-15(3)19(17,18)16(4)14-12-10-8-6-2/h5-14H2,1-4H3. The molecule has 0 aromatic carbocycles. The normalized spacial score (nSPS) is 12.5. The molecule has 0 unspecified atom stereocenters. The van der Waals surface area contributed by atoms with Gasteiger partial charge >= 0.3 is 0 Å². The van der Waals surface area contributed by atoms with Crippen molar-refractivity contribution in [2.24, 2.45) is 0 Å². The van der Waals surface area contributed by atoms with E-state index in [4.69, 9.17) is 0 Å². The lowest BCUT2D eigenvalue weighted by molar-refractivity contribution is 0.379. The van der Waals surface area contributed by atoms with Gasteiger partial charge in [0.25, 0.3) is 10.2 Å². The Labute approximate surface area is 120 Å². The van der Waals surface area contributed by atoms with E-state index in [1.54, 1.807) is 14.1 Å². The summed E-state index contributed by atoms with van der Waals surface area (Å²) in [5, 5.41) is 0. The molecule has 5 heteroatoms. The number of rotatable bonds is 12. The minimum Gasteiger partial charge on any atom is -0.195 e. The van der Waals surface area contributed by atoms with Crippen LogP contribution in [0.25, 0.3) is 0 Å². The Bertz CT molecular complexity index is 281. The predicted octanol–water partition coefficient (Wildman–Crippen LogP) is 3.26. The highest BCUT2D eigenvalue weighted by Crippen LogP contribution is 2.09. The third-order valence-electron chi connectivity index (χ3n) is 3.44. The van der Waals surface area contributed by atoms with Crippen LogP contribution in [0.15, 0.2) is 0 Å². The predicted molar refractivity (Wildman–Crippen MR) is 82.5 cm³/mol. The fourth-order valence-corrected chi connectivity index (χ4v) is 3.19. The quantitative estimate of drug-likeness (QED) is 0.518. The SMILES string of the molecule is CCCCCCN(C)S(=O)(=O)N(C)CCCCCC. The Balaban J connectivity index is 4.04. The molecule has 0 heterocycles. The Morgan fingerprint density at radius 1 is 0.684 bits per heavy atom. The summed E-state index contributed by atoms with van der Waals surface area (Å²) in [5.74, 6) is 0. The Hall–Kier alpha value is -0.130. The monoisotopic (exact) mass is 292 g/mol. The molecule has 0 radical (unpaired) electrons. The second-order valence-electron chi connectivity index (χ2n) is 5.27. The summed E-state index contributed by atoms with van der Waals surface area (Å²) in [4.78, 5) is 0. The van der Waals surface area contributed by atoms with Crippen molar-refractivity contribution in [2.45, 2.75) is 65.2 Å². The summed E-state index contributed by atoms with van der Waals surface area (Å²) in [6.45, 7) is 5.57. The van der Waals surface area contributed by atoms with E-state index in [1.807, 2.05) is 0 Å². The van der Waals surface area contributed by atoms with Gasteiger partial charge in [0.1, 0.15) is 0 Å². The van der Waals surface area contributed by atoms with E-state index in [0.717, 1.165) is 25.7 Å². The molecule has 116 valence electrons. The summed E-state index contributed by atoms with van der Waals surface area (Å²) in [7, 11) is 0.122. The van der Waals surface area contributed by atoms with Gasteiger partial charge < -0.3 is 0 Å². The molecule has 0 aromatic heterocycles. The van der Waals surface area contributed by atoms with Crippen LogP contribution in [0.2, 0.25) is 0 Å². The summed E-state index contributed by atoms with van der Waals surface area (Å²) >= 11 is 0. The molecule has 0 aliphatic heterocycles. The van der Waals surface area contributed by atoms with E-state index in [2.05, 4.69) is 13.8 Å². The molecule has 0 saturated heterocycles. The highest BCUT2D eigenvalue weighted by atomic mass is 32.2. The average Bonchev–Trinajstić information content (AvgIpc) is 2.39. The first-order valence-corrected chi connectivity index (χ1v) is 9.04. The summed E-state index contributed by atoms with van der Waals surface area (Å²) in [6, 6.07) is 0. The van der Waals surface area contributed by atoms with Crippen molar-refractivity contribution in [3.63, 3.8) is 0 Å². The van der Waals surface area contributed by atoms with Crippen LogP contribution < -0.4 is 0 Å². The van der Waals surface area contributed by atoms with Crippen molar-refractivity contribution in [1.82, 2.24) is 8.61 Å². The van der Waals surface area contributed by atoms with Gasteiger partial charge in [0.15, 0.2) is 0 Å². The van der Waals surface area contributed by atoms with E-state index in [-0.39, 0.29) is 0 Å². The smallest absolute Gasteiger partial charge is 0.195 e.